The molecular weight excluding hydrogens is 349 g/mol. The van der Waals surface area contributed by atoms with Crippen LogP contribution in [0.1, 0.15) is 36.3 Å². The fourth-order valence-electron chi connectivity index (χ4n) is 1.77. The molecule has 0 aliphatic heterocycles. The summed E-state index contributed by atoms with van der Waals surface area (Å²) in [6, 6.07) is 2.80. The van der Waals surface area contributed by atoms with Gasteiger partial charge in [-0.05, 0) is 18.5 Å². The third kappa shape index (κ3) is 3.98. The number of benzene rings is 1. The molecule has 0 unspecified atom stereocenters. The maximum Gasteiger partial charge on any atom is 0.344 e. The number of rotatable bonds is 6. The summed E-state index contributed by atoms with van der Waals surface area (Å²) in [5, 5.41) is 0. The molecule has 0 atom stereocenters. The summed E-state index contributed by atoms with van der Waals surface area (Å²) in [6.45, 7) is -1.16. The van der Waals surface area contributed by atoms with Crippen molar-refractivity contribution in [2.45, 2.75) is 12.8 Å². The maximum atomic E-state index is 13.5. The molecule has 25 heavy (non-hydrogen) atoms. The SMILES string of the molecule is [2H]C([2H])(COC(=O)c1c(F)c(F)c(F)c(F)c1F)CC(=O)c1cccnc1. The van der Waals surface area contributed by atoms with E-state index in [4.69, 9.17) is 2.74 Å². The maximum absolute atomic E-state index is 13.5. The number of Topliss-reactive ketones (excluding diaryl/α,β-unsaturated/α-hetero) is 1. The molecule has 0 spiro atoms. The number of aromatic nitrogens is 1. The average Bonchev–Trinajstić information content (AvgIpc) is 2.63. The van der Waals surface area contributed by atoms with Gasteiger partial charge in [0.25, 0.3) is 0 Å². The lowest BCUT2D eigenvalue weighted by atomic mass is 10.1. The lowest BCUT2D eigenvalue weighted by Gasteiger charge is -2.08. The van der Waals surface area contributed by atoms with E-state index in [1.54, 1.807) is 0 Å². The topological polar surface area (TPSA) is 56.3 Å². The lowest BCUT2D eigenvalue weighted by Crippen LogP contribution is -2.16. The Morgan fingerprint density at radius 3 is 2.20 bits per heavy atom. The number of carbonyl (C=O) groups excluding carboxylic acids is 2. The molecule has 4 nitrogen and oxygen atoms in total. The molecule has 0 aliphatic carbocycles. The molecule has 132 valence electrons. The van der Waals surface area contributed by atoms with E-state index >= 15 is 0 Å². The number of carbonyl (C=O) groups is 2. The van der Waals surface area contributed by atoms with E-state index in [1.807, 2.05) is 0 Å². The number of halogens is 5. The Morgan fingerprint density at radius 1 is 1.04 bits per heavy atom. The van der Waals surface area contributed by atoms with Crippen LogP contribution in [0, 0.1) is 29.1 Å². The first-order valence-corrected chi connectivity index (χ1v) is 6.67. The van der Waals surface area contributed by atoms with Crippen LogP contribution in [0.2, 0.25) is 0 Å². The third-order valence-corrected chi connectivity index (χ3v) is 2.99. The van der Waals surface area contributed by atoms with E-state index in [-0.39, 0.29) is 5.56 Å². The molecule has 0 aliphatic rings. The normalized spacial score (nSPS) is 12.4. The second kappa shape index (κ2) is 7.82. The van der Waals surface area contributed by atoms with E-state index in [9.17, 15) is 31.5 Å². The molecule has 0 N–H and O–H groups in total. The Labute approximate surface area is 141 Å². The van der Waals surface area contributed by atoms with Crippen LogP contribution in [0.25, 0.3) is 0 Å². The van der Waals surface area contributed by atoms with Gasteiger partial charge in [0.05, 0.1) is 6.61 Å². The van der Waals surface area contributed by atoms with Gasteiger partial charge in [0, 0.05) is 27.1 Å². The molecule has 0 radical (unpaired) electrons. The summed E-state index contributed by atoms with van der Waals surface area (Å²) in [7, 11) is 0. The monoisotopic (exact) mass is 361 g/mol. The molecular formula is C16H10F5NO3. The molecule has 2 rings (SSSR count). The number of pyridine rings is 1. The summed E-state index contributed by atoms with van der Waals surface area (Å²) in [4.78, 5) is 27.3. The number of esters is 1. The summed E-state index contributed by atoms with van der Waals surface area (Å²) < 4.78 is 85.8. The van der Waals surface area contributed by atoms with Crippen molar-refractivity contribution >= 4 is 11.8 Å². The van der Waals surface area contributed by atoms with Gasteiger partial charge >= 0.3 is 5.97 Å². The predicted molar refractivity (Wildman–Crippen MR) is 74.3 cm³/mol. The first kappa shape index (κ1) is 15.7. The van der Waals surface area contributed by atoms with Crippen LogP contribution >= 0.6 is 0 Å². The summed E-state index contributed by atoms with van der Waals surface area (Å²) in [5.41, 5.74) is -1.77. The fourth-order valence-corrected chi connectivity index (χ4v) is 1.77. The Bertz CT molecular complexity index is 864. The van der Waals surface area contributed by atoms with Crippen LogP contribution in [0.5, 0.6) is 0 Å². The number of ketones is 1. The Morgan fingerprint density at radius 2 is 1.64 bits per heavy atom. The van der Waals surface area contributed by atoms with Crippen molar-refractivity contribution in [2.24, 2.45) is 0 Å². The number of hydrogen-bond donors (Lipinski definition) is 0. The van der Waals surface area contributed by atoms with Crippen LogP contribution in [-0.4, -0.2) is 23.3 Å². The Hall–Kier alpha value is -2.84. The summed E-state index contributed by atoms with van der Waals surface area (Å²) >= 11 is 0. The van der Waals surface area contributed by atoms with Crippen molar-refractivity contribution in [1.82, 2.24) is 4.98 Å². The van der Waals surface area contributed by atoms with Gasteiger partial charge in [-0.15, -0.1) is 0 Å². The van der Waals surface area contributed by atoms with Crippen LogP contribution in [0.3, 0.4) is 0 Å². The third-order valence-electron chi connectivity index (χ3n) is 2.99. The van der Waals surface area contributed by atoms with Gasteiger partial charge in [0.2, 0.25) is 5.82 Å². The minimum absolute atomic E-state index is 0.0764. The minimum Gasteiger partial charge on any atom is -0.462 e. The van der Waals surface area contributed by atoms with Crippen molar-refractivity contribution in [2.75, 3.05) is 6.61 Å². The van der Waals surface area contributed by atoms with Gasteiger partial charge in [-0.1, -0.05) is 0 Å². The number of hydrogen-bond acceptors (Lipinski definition) is 4. The average molecular weight is 361 g/mol. The molecule has 0 saturated carbocycles. The number of ether oxygens (including phenoxy) is 1. The molecule has 1 aromatic carbocycles. The van der Waals surface area contributed by atoms with Gasteiger partial charge < -0.3 is 4.74 Å². The predicted octanol–water partition coefficient (Wildman–Crippen LogP) is 3.60. The fraction of sp³-hybridized carbons (Fsp3) is 0.188. The van der Waals surface area contributed by atoms with E-state index in [1.165, 1.54) is 24.5 Å². The quantitative estimate of drug-likeness (QED) is 0.259. The molecule has 9 heteroatoms. The standard InChI is InChI=1S/C16H10F5NO3/c17-11-10(12(18)14(20)15(21)13(11)19)16(24)25-6-2-4-9(23)8-3-1-5-22-7-8/h1,3,5,7H,2,4,6H2/i2D2. The van der Waals surface area contributed by atoms with Crippen molar-refractivity contribution in [1.29, 1.82) is 0 Å². The Balaban J connectivity index is 2.12. The van der Waals surface area contributed by atoms with Crippen LogP contribution in [0.15, 0.2) is 24.5 Å². The van der Waals surface area contributed by atoms with Gasteiger partial charge in [0.15, 0.2) is 29.1 Å². The first-order valence-electron chi connectivity index (χ1n) is 7.67. The Kier molecular flexibility index (Phi) is 4.90. The molecule has 2 aromatic rings. The van der Waals surface area contributed by atoms with Crippen molar-refractivity contribution in [3.63, 3.8) is 0 Å². The molecule has 0 amide bonds. The zero-order valence-corrected chi connectivity index (χ0v) is 12.3. The van der Waals surface area contributed by atoms with Crippen molar-refractivity contribution in [3.05, 3.63) is 64.7 Å². The summed E-state index contributed by atoms with van der Waals surface area (Å²) in [5.74, 6) is -14.6. The van der Waals surface area contributed by atoms with Gasteiger partial charge in [0.1, 0.15) is 5.56 Å². The highest BCUT2D eigenvalue weighted by Crippen LogP contribution is 2.23. The molecule has 1 heterocycles. The van der Waals surface area contributed by atoms with Crippen molar-refractivity contribution < 1.29 is 39.0 Å². The van der Waals surface area contributed by atoms with Crippen LogP contribution in [-0.2, 0) is 4.74 Å². The highest BCUT2D eigenvalue weighted by molar-refractivity contribution is 5.95. The second-order valence-corrected chi connectivity index (χ2v) is 4.61. The smallest absolute Gasteiger partial charge is 0.344 e. The largest absolute Gasteiger partial charge is 0.462 e. The van der Waals surface area contributed by atoms with Gasteiger partial charge in [-0.2, -0.15) is 0 Å². The van der Waals surface area contributed by atoms with Crippen LogP contribution < -0.4 is 0 Å². The molecule has 0 saturated heterocycles. The number of nitrogens with zero attached hydrogens (tertiary/aromatic N) is 1. The van der Waals surface area contributed by atoms with Gasteiger partial charge in [-0.3, -0.25) is 9.78 Å². The molecule has 0 bridgehead atoms. The first-order chi connectivity index (χ1) is 12.5. The van der Waals surface area contributed by atoms with E-state index < -0.39 is 65.8 Å². The second-order valence-electron chi connectivity index (χ2n) is 4.61. The minimum atomic E-state index is -2.47. The molecule has 0 fully saturated rings. The van der Waals surface area contributed by atoms with E-state index in [0.29, 0.717) is 0 Å². The van der Waals surface area contributed by atoms with Crippen molar-refractivity contribution in [3.8, 4) is 0 Å². The summed E-state index contributed by atoms with van der Waals surface area (Å²) in [6.07, 6.45) is -0.674. The van der Waals surface area contributed by atoms with Crippen LogP contribution in [0.4, 0.5) is 22.0 Å². The van der Waals surface area contributed by atoms with Gasteiger partial charge in [-0.25, -0.2) is 26.7 Å². The zero-order chi connectivity index (χ0) is 20.4. The lowest BCUT2D eigenvalue weighted by molar-refractivity contribution is 0.0479. The zero-order valence-electron chi connectivity index (χ0n) is 14.3. The molecule has 1 aromatic heterocycles. The van der Waals surface area contributed by atoms with E-state index in [2.05, 4.69) is 9.72 Å². The highest BCUT2D eigenvalue weighted by atomic mass is 19.2. The highest BCUT2D eigenvalue weighted by Gasteiger charge is 2.30. The van der Waals surface area contributed by atoms with E-state index in [0.717, 1.165) is 0 Å².